The minimum Gasteiger partial charge on any atom is -0.497 e. The number of fused-ring (bicyclic) bond motifs is 1. The molecule has 5 nitrogen and oxygen atoms in total. The zero-order valence-electron chi connectivity index (χ0n) is 17.1. The van der Waals surface area contributed by atoms with E-state index in [-0.39, 0.29) is 11.8 Å². The highest BCUT2D eigenvalue weighted by atomic mass is 16.5. The van der Waals surface area contributed by atoms with Gasteiger partial charge in [0, 0.05) is 18.9 Å². The van der Waals surface area contributed by atoms with Gasteiger partial charge in [0.15, 0.2) is 0 Å². The molecule has 1 amide bonds. The maximum absolute atomic E-state index is 13.5. The fourth-order valence-electron chi connectivity index (χ4n) is 3.57. The van der Waals surface area contributed by atoms with Gasteiger partial charge in [-0.15, -0.1) is 0 Å². The molecule has 0 fully saturated rings. The summed E-state index contributed by atoms with van der Waals surface area (Å²) in [5, 5.41) is 2.17. The maximum Gasteiger partial charge on any atom is 0.230 e. The van der Waals surface area contributed by atoms with Crippen LogP contribution < -0.4 is 4.74 Å². The highest BCUT2D eigenvalue weighted by Gasteiger charge is 2.23. The van der Waals surface area contributed by atoms with E-state index in [4.69, 9.17) is 9.15 Å². The van der Waals surface area contributed by atoms with Crippen LogP contribution in [0.3, 0.4) is 0 Å². The van der Waals surface area contributed by atoms with Crippen LogP contribution in [0.5, 0.6) is 5.75 Å². The van der Waals surface area contributed by atoms with Crippen molar-refractivity contribution in [1.82, 2.24) is 9.88 Å². The number of benzene rings is 2. The summed E-state index contributed by atoms with van der Waals surface area (Å²) < 4.78 is 10.8. The highest BCUT2D eigenvalue weighted by molar-refractivity contribution is 5.88. The molecule has 0 saturated carbocycles. The SMILES string of the molecule is COc1ccc2cc([C@H](C)C(=O)N(Cc3cccnc3)Cc3ccco3)ccc2c1. The van der Waals surface area contributed by atoms with Gasteiger partial charge in [0.25, 0.3) is 0 Å². The van der Waals surface area contributed by atoms with Crippen LogP contribution >= 0.6 is 0 Å². The number of nitrogens with zero attached hydrogens (tertiary/aromatic N) is 2. The van der Waals surface area contributed by atoms with Crippen molar-refractivity contribution in [3.05, 3.63) is 96.2 Å². The third-order valence-electron chi connectivity index (χ3n) is 5.28. The zero-order chi connectivity index (χ0) is 20.9. The Bertz CT molecular complexity index is 1120. The van der Waals surface area contributed by atoms with Gasteiger partial charge in [-0.1, -0.05) is 30.3 Å². The van der Waals surface area contributed by atoms with Crippen molar-refractivity contribution < 1.29 is 13.9 Å². The number of hydrogen-bond donors (Lipinski definition) is 0. The lowest BCUT2D eigenvalue weighted by Gasteiger charge is -2.25. The molecule has 0 aliphatic heterocycles. The summed E-state index contributed by atoms with van der Waals surface area (Å²) in [6.07, 6.45) is 5.15. The predicted octanol–water partition coefficient (Wildman–Crippen LogP) is 5.17. The molecule has 1 atom stereocenters. The molecule has 2 aromatic carbocycles. The molecular formula is C25H24N2O3. The first kappa shape index (κ1) is 19.7. The van der Waals surface area contributed by atoms with Crippen LogP contribution in [0.15, 0.2) is 83.7 Å². The molecule has 0 spiro atoms. The maximum atomic E-state index is 13.5. The van der Waals surface area contributed by atoms with E-state index in [2.05, 4.69) is 11.1 Å². The number of carbonyl (C=O) groups is 1. The molecule has 0 radical (unpaired) electrons. The van der Waals surface area contributed by atoms with Crippen LogP contribution in [0.1, 0.15) is 29.7 Å². The molecule has 0 N–H and O–H groups in total. The van der Waals surface area contributed by atoms with Gasteiger partial charge in [0.1, 0.15) is 11.5 Å². The van der Waals surface area contributed by atoms with Crippen molar-refractivity contribution in [2.45, 2.75) is 25.9 Å². The average Bonchev–Trinajstić information content (AvgIpc) is 3.31. The van der Waals surface area contributed by atoms with E-state index in [1.54, 1.807) is 25.8 Å². The number of methoxy groups -OCH3 is 1. The van der Waals surface area contributed by atoms with Crippen LogP contribution in [0.2, 0.25) is 0 Å². The van der Waals surface area contributed by atoms with Gasteiger partial charge < -0.3 is 14.1 Å². The minimum absolute atomic E-state index is 0.0446. The lowest BCUT2D eigenvalue weighted by molar-refractivity contribution is -0.134. The number of rotatable bonds is 7. The van der Waals surface area contributed by atoms with E-state index >= 15 is 0 Å². The van der Waals surface area contributed by atoms with Crippen molar-refractivity contribution in [1.29, 1.82) is 0 Å². The largest absolute Gasteiger partial charge is 0.497 e. The Morgan fingerprint density at radius 2 is 1.90 bits per heavy atom. The number of hydrogen-bond acceptors (Lipinski definition) is 4. The Labute approximate surface area is 175 Å². The second-order valence-corrected chi connectivity index (χ2v) is 7.33. The second kappa shape index (κ2) is 8.82. The number of furan rings is 1. The third kappa shape index (κ3) is 4.35. The number of ether oxygens (including phenoxy) is 1. The lowest BCUT2D eigenvalue weighted by atomic mass is 9.96. The van der Waals surface area contributed by atoms with Crippen molar-refractivity contribution in [3.8, 4) is 5.75 Å². The summed E-state index contributed by atoms with van der Waals surface area (Å²) in [5.74, 6) is 1.33. The van der Waals surface area contributed by atoms with E-state index in [0.717, 1.165) is 33.4 Å². The van der Waals surface area contributed by atoms with Crippen LogP contribution in [0, 0.1) is 0 Å². The highest BCUT2D eigenvalue weighted by Crippen LogP contribution is 2.27. The van der Waals surface area contributed by atoms with Crippen LogP contribution in [-0.2, 0) is 17.9 Å². The molecule has 152 valence electrons. The summed E-state index contributed by atoms with van der Waals surface area (Å²) in [6, 6.07) is 19.7. The summed E-state index contributed by atoms with van der Waals surface area (Å²) in [6.45, 7) is 2.84. The minimum atomic E-state index is -0.289. The molecule has 30 heavy (non-hydrogen) atoms. The molecule has 2 heterocycles. The van der Waals surface area contributed by atoms with Crippen molar-refractivity contribution >= 4 is 16.7 Å². The predicted molar refractivity (Wildman–Crippen MR) is 116 cm³/mol. The smallest absolute Gasteiger partial charge is 0.230 e. The van der Waals surface area contributed by atoms with Gasteiger partial charge >= 0.3 is 0 Å². The average molecular weight is 400 g/mol. The van der Waals surface area contributed by atoms with E-state index < -0.39 is 0 Å². The lowest BCUT2D eigenvalue weighted by Crippen LogP contribution is -2.33. The normalized spacial score (nSPS) is 11.9. The number of amides is 1. The molecule has 0 bridgehead atoms. The first-order chi connectivity index (χ1) is 14.6. The van der Waals surface area contributed by atoms with Gasteiger partial charge in [-0.2, -0.15) is 0 Å². The third-order valence-corrected chi connectivity index (χ3v) is 5.28. The van der Waals surface area contributed by atoms with E-state index in [9.17, 15) is 4.79 Å². The number of aromatic nitrogens is 1. The second-order valence-electron chi connectivity index (χ2n) is 7.33. The molecule has 0 aliphatic rings. The zero-order valence-corrected chi connectivity index (χ0v) is 17.1. The van der Waals surface area contributed by atoms with Crippen molar-refractivity contribution in [2.24, 2.45) is 0 Å². The molecule has 0 unspecified atom stereocenters. The monoisotopic (exact) mass is 400 g/mol. The Kier molecular flexibility index (Phi) is 5.80. The summed E-state index contributed by atoms with van der Waals surface area (Å²) in [7, 11) is 1.66. The molecule has 2 aromatic heterocycles. The van der Waals surface area contributed by atoms with Crippen LogP contribution in [0.25, 0.3) is 10.8 Å². The van der Waals surface area contributed by atoms with Gasteiger partial charge in [-0.05, 0) is 59.2 Å². The molecule has 5 heteroatoms. The van der Waals surface area contributed by atoms with Crippen molar-refractivity contribution in [3.63, 3.8) is 0 Å². The van der Waals surface area contributed by atoms with E-state index in [0.29, 0.717) is 13.1 Å². The topological polar surface area (TPSA) is 55.6 Å². The Balaban J connectivity index is 1.60. The molecule has 0 aliphatic carbocycles. The van der Waals surface area contributed by atoms with Gasteiger partial charge in [-0.25, -0.2) is 0 Å². The summed E-state index contributed by atoms with van der Waals surface area (Å²) in [5.41, 5.74) is 1.96. The molecule has 4 aromatic rings. The summed E-state index contributed by atoms with van der Waals surface area (Å²) >= 11 is 0. The standard InChI is InChI=1S/C25H24N2O3/c1-18(20-7-8-22-14-23(29-2)10-9-21(22)13-20)25(28)27(17-24-6-4-12-30-24)16-19-5-3-11-26-15-19/h3-15,18H,16-17H2,1-2H3/t18-/m0/s1. The fraction of sp³-hybridized carbons (Fsp3) is 0.200. The van der Waals surface area contributed by atoms with E-state index in [1.165, 1.54) is 0 Å². The molecular weight excluding hydrogens is 376 g/mol. The van der Waals surface area contributed by atoms with Gasteiger partial charge in [0.2, 0.25) is 5.91 Å². The van der Waals surface area contributed by atoms with Crippen molar-refractivity contribution in [2.75, 3.05) is 7.11 Å². The Morgan fingerprint density at radius 1 is 1.07 bits per heavy atom. The quantitative estimate of drug-likeness (QED) is 0.429. The van der Waals surface area contributed by atoms with Gasteiger partial charge in [-0.3, -0.25) is 9.78 Å². The van der Waals surface area contributed by atoms with Gasteiger partial charge in [0.05, 0.1) is 25.8 Å². The van der Waals surface area contributed by atoms with Crippen LogP contribution in [0.4, 0.5) is 0 Å². The first-order valence-electron chi connectivity index (χ1n) is 9.92. The molecule has 0 saturated heterocycles. The van der Waals surface area contributed by atoms with Crippen LogP contribution in [-0.4, -0.2) is 22.9 Å². The Morgan fingerprint density at radius 3 is 2.63 bits per heavy atom. The van der Waals surface area contributed by atoms with E-state index in [1.807, 2.05) is 66.4 Å². The number of carbonyl (C=O) groups excluding carboxylic acids is 1. The first-order valence-corrected chi connectivity index (χ1v) is 9.92. The fourth-order valence-corrected chi connectivity index (χ4v) is 3.57. The molecule has 4 rings (SSSR count). The Hall–Kier alpha value is -3.60. The number of pyridine rings is 1. The summed E-state index contributed by atoms with van der Waals surface area (Å²) in [4.78, 5) is 19.4.